The van der Waals surface area contributed by atoms with Crippen LogP contribution in [-0.4, -0.2) is 12.0 Å². The molecule has 16 heavy (non-hydrogen) atoms. The molecule has 0 heterocycles. The van der Waals surface area contributed by atoms with Gasteiger partial charge < -0.3 is 4.74 Å². The number of benzene rings is 1. The van der Waals surface area contributed by atoms with Crippen LogP contribution in [0.4, 0.5) is 0 Å². The standard InChI is InChI=1S/C14H21ClO/c1-3-4-11-16-14-9-7-13(8-10-14)6-5-12(2)15/h7-10,12H,3-6,11H2,1-2H3. The van der Waals surface area contributed by atoms with E-state index in [1.165, 1.54) is 12.0 Å². The molecule has 0 saturated heterocycles. The SMILES string of the molecule is CCCCOc1ccc(CCC(C)Cl)cc1. The molecule has 0 aromatic heterocycles. The van der Waals surface area contributed by atoms with Crippen molar-refractivity contribution in [2.45, 2.75) is 44.9 Å². The van der Waals surface area contributed by atoms with Crippen LogP contribution in [-0.2, 0) is 6.42 Å². The number of aryl methyl sites for hydroxylation is 1. The monoisotopic (exact) mass is 240 g/mol. The third-order valence-electron chi connectivity index (χ3n) is 2.52. The summed E-state index contributed by atoms with van der Waals surface area (Å²) in [6.45, 7) is 5.01. The number of unbranched alkanes of at least 4 members (excludes halogenated alkanes) is 1. The van der Waals surface area contributed by atoms with Crippen molar-refractivity contribution in [1.29, 1.82) is 0 Å². The third-order valence-corrected chi connectivity index (χ3v) is 2.74. The predicted octanol–water partition coefficient (Wildman–Crippen LogP) is 4.43. The summed E-state index contributed by atoms with van der Waals surface area (Å²) in [7, 11) is 0. The second-order valence-corrected chi connectivity index (χ2v) is 4.91. The second-order valence-electron chi connectivity index (χ2n) is 4.17. The highest BCUT2D eigenvalue weighted by atomic mass is 35.5. The molecule has 1 aromatic rings. The van der Waals surface area contributed by atoms with Crippen molar-refractivity contribution >= 4 is 11.6 Å². The first-order chi connectivity index (χ1) is 7.72. The quantitative estimate of drug-likeness (QED) is 0.506. The second kappa shape index (κ2) is 7.56. The molecular formula is C14H21ClO. The Hall–Kier alpha value is -0.690. The maximum Gasteiger partial charge on any atom is 0.119 e. The van der Waals surface area contributed by atoms with Gasteiger partial charge in [0.1, 0.15) is 5.75 Å². The molecule has 0 aliphatic heterocycles. The van der Waals surface area contributed by atoms with E-state index in [1.54, 1.807) is 0 Å². The van der Waals surface area contributed by atoms with Crippen molar-refractivity contribution in [3.8, 4) is 5.75 Å². The maximum atomic E-state index is 5.92. The van der Waals surface area contributed by atoms with Gasteiger partial charge in [0.15, 0.2) is 0 Å². The number of rotatable bonds is 7. The molecule has 0 bridgehead atoms. The summed E-state index contributed by atoms with van der Waals surface area (Å²) in [6.07, 6.45) is 4.36. The molecule has 0 N–H and O–H groups in total. The Kier molecular flexibility index (Phi) is 6.32. The van der Waals surface area contributed by atoms with Gasteiger partial charge in [-0.1, -0.05) is 25.5 Å². The van der Waals surface area contributed by atoms with E-state index >= 15 is 0 Å². The molecule has 0 radical (unpaired) electrons. The molecule has 1 rings (SSSR count). The van der Waals surface area contributed by atoms with Crippen molar-refractivity contribution < 1.29 is 4.74 Å². The van der Waals surface area contributed by atoms with Gasteiger partial charge in [0, 0.05) is 5.38 Å². The van der Waals surface area contributed by atoms with Crippen LogP contribution < -0.4 is 4.74 Å². The predicted molar refractivity (Wildman–Crippen MR) is 70.5 cm³/mol. The normalized spacial score (nSPS) is 12.4. The molecule has 0 amide bonds. The van der Waals surface area contributed by atoms with Crippen molar-refractivity contribution in [3.63, 3.8) is 0 Å². The van der Waals surface area contributed by atoms with Crippen LogP contribution in [0.1, 0.15) is 38.7 Å². The smallest absolute Gasteiger partial charge is 0.119 e. The Morgan fingerprint density at radius 3 is 2.50 bits per heavy atom. The molecule has 0 aliphatic rings. The third kappa shape index (κ3) is 5.41. The molecule has 1 unspecified atom stereocenters. The van der Waals surface area contributed by atoms with E-state index in [0.717, 1.165) is 31.6 Å². The molecule has 90 valence electrons. The van der Waals surface area contributed by atoms with E-state index in [4.69, 9.17) is 16.3 Å². The van der Waals surface area contributed by atoms with Crippen LogP contribution in [0.3, 0.4) is 0 Å². The van der Waals surface area contributed by atoms with Gasteiger partial charge in [0.2, 0.25) is 0 Å². The minimum Gasteiger partial charge on any atom is -0.494 e. The number of alkyl halides is 1. The van der Waals surface area contributed by atoms with Crippen LogP contribution in [0.25, 0.3) is 0 Å². The van der Waals surface area contributed by atoms with E-state index in [0.29, 0.717) is 0 Å². The van der Waals surface area contributed by atoms with Gasteiger partial charge in [-0.15, -0.1) is 11.6 Å². The maximum absolute atomic E-state index is 5.92. The van der Waals surface area contributed by atoms with Crippen molar-refractivity contribution in [2.75, 3.05) is 6.61 Å². The molecule has 0 fully saturated rings. The summed E-state index contributed by atoms with van der Waals surface area (Å²) in [5.74, 6) is 0.969. The van der Waals surface area contributed by atoms with Gasteiger partial charge in [-0.3, -0.25) is 0 Å². The molecule has 0 saturated carbocycles. The van der Waals surface area contributed by atoms with E-state index in [1.807, 2.05) is 19.1 Å². The lowest BCUT2D eigenvalue weighted by molar-refractivity contribution is 0.309. The summed E-state index contributed by atoms with van der Waals surface area (Å²) in [4.78, 5) is 0. The molecule has 1 atom stereocenters. The van der Waals surface area contributed by atoms with Crippen molar-refractivity contribution in [2.24, 2.45) is 0 Å². The van der Waals surface area contributed by atoms with Crippen LogP contribution in [0.5, 0.6) is 5.75 Å². The highest BCUT2D eigenvalue weighted by Crippen LogP contribution is 2.15. The van der Waals surface area contributed by atoms with Crippen molar-refractivity contribution in [1.82, 2.24) is 0 Å². The lowest BCUT2D eigenvalue weighted by Gasteiger charge is -2.07. The van der Waals surface area contributed by atoms with E-state index in [-0.39, 0.29) is 5.38 Å². The molecule has 1 aromatic carbocycles. The van der Waals surface area contributed by atoms with E-state index < -0.39 is 0 Å². The Balaban J connectivity index is 2.35. The van der Waals surface area contributed by atoms with Gasteiger partial charge in [-0.05, 0) is 43.9 Å². The zero-order valence-electron chi connectivity index (χ0n) is 10.2. The molecule has 0 aliphatic carbocycles. The van der Waals surface area contributed by atoms with Crippen LogP contribution in [0.15, 0.2) is 24.3 Å². The van der Waals surface area contributed by atoms with E-state index in [9.17, 15) is 0 Å². The highest BCUT2D eigenvalue weighted by molar-refractivity contribution is 6.20. The lowest BCUT2D eigenvalue weighted by Crippen LogP contribution is -1.97. The van der Waals surface area contributed by atoms with Crippen LogP contribution in [0, 0.1) is 0 Å². The fourth-order valence-corrected chi connectivity index (χ4v) is 1.56. The summed E-state index contributed by atoms with van der Waals surface area (Å²) in [5.41, 5.74) is 1.33. The fourth-order valence-electron chi connectivity index (χ4n) is 1.45. The summed E-state index contributed by atoms with van der Waals surface area (Å²) in [6, 6.07) is 8.34. The molecular weight excluding hydrogens is 220 g/mol. The number of halogens is 1. The first-order valence-corrected chi connectivity index (χ1v) is 6.52. The minimum atomic E-state index is 0.250. The summed E-state index contributed by atoms with van der Waals surface area (Å²) < 4.78 is 5.60. The zero-order chi connectivity index (χ0) is 11.8. The van der Waals surface area contributed by atoms with Crippen LogP contribution in [0.2, 0.25) is 0 Å². The van der Waals surface area contributed by atoms with Gasteiger partial charge in [-0.2, -0.15) is 0 Å². The molecule has 1 nitrogen and oxygen atoms in total. The first-order valence-electron chi connectivity index (χ1n) is 6.08. The van der Waals surface area contributed by atoms with Crippen molar-refractivity contribution in [3.05, 3.63) is 29.8 Å². The zero-order valence-corrected chi connectivity index (χ0v) is 11.0. The summed E-state index contributed by atoms with van der Waals surface area (Å²) >= 11 is 5.92. The number of ether oxygens (including phenoxy) is 1. The Labute approximate surface area is 104 Å². The van der Waals surface area contributed by atoms with E-state index in [2.05, 4.69) is 19.1 Å². The average Bonchev–Trinajstić information content (AvgIpc) is 2.28. The minimum absolute atomic E-state index is 0.250. The lowest BCUT2D eigenvalue weighted by atomic mass is 10.1. The Morgan fingerprint density at radius 2 is 1.94 bits per heavy atom. The number of hydrogen-bond acceptors (Lipinski definition) is 1. The Bertz CT molecular complexity index is 279. The average molecular weight is 241 g/mol. The van der Waals surface area contributed by atoms with Gasteiger partial charge in [0.05, 0.1) is 6.61 Å². The number of hydrogen-bond donors (Lipinski definition) is 0. The fraction of sp³-hybridized carbons (Fsp3) is 0.571. The van der Waals surface area contributed by atoms with Gasteiger partial charge >= 0.3 is 0 Å². The topological polar surface area (TPSA) is 9.23 Å². The highest BCUT2D eigenvalue weighted by Gasteiger charge is 1.99. The van der Waals surface area contributed by atoms with Gasteiger partial charge in [-0.25, -0.2) is 0 Å². The van der Waals surface area contributed by atoms with Gasteiger partial charge in [0.25, 0.3) is 0 Å². The Morgan fingerprint density at radius 1 is 1.25 bits per heavy atom. The van der Waals surface area contributed by atoms with Crippen LogP contribution >= 0.6 is 11.6 Å². The molecule has 0 spiro atoms. The molecule has 2 heteroatoms. The first kappa shape index (κ1) is 13.4. The largest absolute Gasteiger partial charge is 0.494 e. The summed E-state index contributed by atoms with van der Waals surface area (Å²) in [5, 5.41) is 0.250.